The summed E-state index contributed by atoms with van der Waals surface area (Å²) in [5.41, 5.74) is 8.03. The van der Waals surface area contributed by atoms with Crippen molar-refractivity contribution in [3.8, 4) is 0 Å². The molecule has 0 aliphatic rings. The van der Waals surface area contributed by atoms with Gasteiger partial charge in [-0.15, -0.1) is 0 Å². The summed E-state index contributed by atoms with van der Waals surface area (Å²) in [5.74, 6) is 0.481. The molecule has 14 heavy (non-hydrogen) atoms. The smallest absolute Gasteiger partial charge is 0.225 e. The molecular weight excluding hydrogens is 196 g/mol. The number of hydrogen-bond donors (Lipinski definition) is 3. The van der Waals surface area contributed by atoms with Crippen LogP contribution < -0.4 is 11.1 Å². The maximum atomic E-state index is 11.3. The van der Waals surface area contributed by atoms with Crippen molar-refractivity contribution in [1.82, 2.24) is 0 Å². The molecule has 76 valence electrons. The molecule has 0 saturated carbocycles. The topological polar surface area (TPSA) is 55.1 Å². The lowest BCUT2D eigenvalue weighted by atomic mass is 10.2. The van der Waals surface area contributed by atoms with E-state index in [2.05, 4.69) is 17.9 Å². The van der Waals surface area contributed by atoms with Crippen LogP contribution in [0.25, 0.3) is 0 Å². The molecule has 1 aromatic carbocycles. The SMILES string of the molecule is Cc1ccc(N)c(NC(=O)CCS)c1. The molecule has 0 fully saturated rings. The van der Waals surface area contributed by atoms with Crippen molar-refractivity contribution in [2.24, 2.45) is 0 Å². The van der Waals surface area contributed by atoms with Crippen LogP contribution in [0.2, 0.25) is 0 Å². The van der Waals surface area contributed by atoms with Crippen LogP contribution in [0.15, 0.2) is 18.2 Å². The molecule has 0 aliphatic heterocycles. The number of aryl methyl sites for hydroxylation is 1. The lowest BCUT2D eigenvalue weighted by Gasteiger charge is -2.08. The van der Waals surface area contributed by atoms with E-state index in [1.807, 2.05) is 19.1 Å². The van der Waals surface area contributed by atoms with Gasteiger partial charge in [-0.25, -0.2) is 0 Å². The average molecular weight is 210 g/mol. The largest absolute Gasteiger partial charge is 0.397 e. The fourth-order valence-electron chi connectivity index (χ4n) is 1.09. The minimum Gasteiger partial charge on any atom is -0.397 e. The third kappa shape index (κ3) is 2.96. The molecule has 1 aromatic rings. The highest BCUT2D eigenvalue weighted by Gasteiger charge is 2.03. The molecule has 4 heteroatoms. The summed E-state index contributed by atoms with van der Waals surface area (Å²) in [5, 5.41) is 2.74. The second kappa shape index (κ2) is 4.91. The van der Waals surface area contributed by atoms with Gasteiger partial charge in [0.2, 0.25) is 5.91 Å². The van der Waals surface area contributed by atoms with Gasteiger partial charge in [0.15, 0.2) is 0 Å². The van der Waals surface area contributed by atoms with E-state index in [9.17, 15) is 4.79 Å². The number of anilines is 2. The van der Waals surface area contributed by atoms with Crippen molar-refractivity contribution < 1.29 is 4.79 Å². The van der Waals surface area contributed by atoms with Gasteiger partial charge in [0.1, 0.15) is 0 Å². The molecule has 0 aliphatic carbocycles. The fraction of sp³-hybridized carbons (Fsp3) is 0.300. The number of nitrogens with two attached hydrogens (primary N) is 1. The molecular formula is C10H14N2OS. The van der Waals surface area contributed by atoms with Crippen LogP contribution in [0.3, 0.4) is 0 Å². The van der Waals surface area contributed by atoms with E-state index in [0.717, 1.165) is 5.56 Å². The van der Waals surface area contributed by atoms with Crippen molar-refractivity contribution in [2.45, 2.75) is 13.3 Å². The van der Waals surface area contributed by atoms with E-state index in [1.54, 1.807) is 6.07 Å². The van der Waals surface area contributed by atoms with Gasteiger partial charge in [-0.05, 0) is 30.4 Å². The van der Waals surface area contributed by atoms with E-state index in [0.29, 0.717) is 23.5 Å². The third-order valence-corrected chi connectivity index (χ3v) is 2.05. The Kier molecular flexibility index (Phi) is 3.83. The monoisotopic (exact) mass is 210 g/mol. The molecule has 3 N–H and O–H groups in total. The van der Waals surface area contributed by atoms with Gasteiger partial charge in [-0.2, -0.15) is 12.6 Å². The molecule has 1 rings (SSSR count). The summed E-state index contributed by atoms with van der Waals surface area (Å²) in [6.07, 6.45) is 0.399. The van der Waals surface area contributed by atoms with Crippen LogP contribution in [0.1, 0.15) is 12.0 Å². The van der Waals surface area contributed by atoms with Gasteiger partial charge in [-0.1, -0.05) is 6.07 Å². The first kappa shape index (κ1) is 10.9. The molecule has 1 amide bonds. The number of carbonyl (C=O) groups is 1. The zero-order valence-corrected chi connectivity index (χ0v) is 8.97. The molecule has 0 saturated heterocycles. The van der Waals surface area contributed by atoms with Crippen molar-refractivity contribution in [3.63, 3.8) is 0 Å². The minimum absolute atomic E-state index is 0.0581. The standard InChI is InChI=1S/C10H14N2OS/c1-7-2-3-8(11)9(6-7)12-10(13)4-5-14/h2-3,6,14H,4-5,11H2,1H3,(H,12,13). The van der Waals surface area contributed by atoms with Crippen LogP contribution in [-0.4, -0.2) is 11.7 Å². The zero-order chi connectivity index (χ0) is 10.6. The Balaban J connectivity index is 2.75. The van der Waals surface area contributed by atoms with Crippen molar-refractivity contribution >= 4 is 29.9 Å². The summed E-state index contributed by atoms with van der Waals surface area (Å²) >= 11 is 3.98. The quantitative estimate of drug-likeness (QED) is 0.526. The zero-order valence-electron chi connectivity index (χ0n) is 8.08. The van der Waals surface area contributed by atoms with Gasteiger partial charge in [0, 0.05) is 6.42 Å². The lowest BCUT2D eigenvalue weighted by Crippen LogP contribution is -2.13. The van der Waals surface area contributed by atoms with Gasteiger partial charge >= 0.3 is 0 Å². The van der Waals surface area contributed by atoms with Crippen molar-refractivity contribution in [3.05, 3.63) is 23.8 Å². The second-order valence-corrected chi connectivity index (χ2v) is 3.56. The lowest BCUT2D eigenvalue weighted by molar-refractivity contribution is -0.115. The number of benzene rings is 1. The number of thiol groups is 1. The predicted octanol–water partition coefficient (Wildman–Crippen LogP) is 1.84. The number of nitrogens with one attached hydrogen (secondary N) is 1. The number of nitrogen functional groups attached to an aromatic ring is 1. The maximum absolute atomic E-state index is 11.3. The Bertz CT molecular complexity index is 339. The van der Waals surface area contributed by atoms with Crippen LogP contribution in [0.5, 0.6) is 0 Å². The summed E-state index contributed by atoms with van der Waals surface area (Å²) in [7, 11) is 0. The van der Waals surface area contributed by atoms with E-state index < -0.39 is 0 Å². The molecule has 0 unspecified atom stereocenters. The van der Waals surface area contributed by atoms with Crippen molar-refractivity contribution in [2.75, 3.05) is 16.8 Å². The normalized spacial score (nSPS) is 9.86. The van der Waals surface area contributed by atoms with Crippen LogP contribution in [0, 0.1) is 6.92 Å². The molecule has 0 aromatic heterocycles. The summed E-state index contributed by atoms with van der Waals surface area (Å²) in [6.45, 7) is 1.95. The van der Waals surface area contributed by atoms with E-state index in [-0.39, 0.29) is 5.91 Å². The molecule has 0 atom stereocenters. The number of rotatable bonds is 3. The van der Waals surface area contributed by atoms with Gasteiger partial charge in [-0.3, -0.25) is 4.79 Å². The van der Waals surface area contributed by atoms with Gasteiger partial charge in [0.05, 0.1) is 11.4 Å². The molecule has 0 spiro atoms. The minimum atomic E-state index is -0.0581. The molecule has 3 nitrogen and oxygen atoms in total. The number of hydrogen-bond acceptors (Lipinski definition) is 3. The summed E-state index contributed by atoms with van der Waals surface area (Å²) in [6, 6.07) is 5.54. The van der Waals surface area contributed by atoms with E-state index in [1.165, 1.54) is 0 Å². The fourth-order valence-corrected chi connectivity index (χ4v) is 1.30. The molecule has 0 heterocycles. The number of carbonyl (C=O) groups excluding carboxylic acids is 1. The van der Waals surface area contributed by atoms with Crippen LogP contribution in [-0.2, 0) is 4.79 Å². The average Bonchev–Trinajstić information content (AvgIpc) is 2.12. The second-order valence-electron chi connectivity index (χ2n) is 3.11. The first-order chi connectivity index (χ1) is 6.63. The first-order valence-electron chi connectivity index (χ1n) is 4.40. The highest BCUT2D eigenvalue weighted by Crippen LogP contribution is 2.19. The maximum Gasteiger partial charge on any atom is 0.225 e. The van der Waals surface area contributed by atoms with Crippen molar-refractivity contribution in [1.29, 1.82) is 0 Å². The Morgan fingerprint density at radius 3 is 2.93 bits per heavy atom. The molecule has 0 radical (unpaired) electrons. The first-order valence-corrected chi connectivity index (χ1v) is 5.03. The van der Waals surface area contributed by atoms with Crippen LogP contribution >= 0.6 is 12.6 Å². The van der Waals surface area contributed by atoms with Gasteiger partial charge < -0.3 is 11.1 Å². The Morgan fingerprint density at radius 2 is 2.29 bits per heavy atom. The highest BCUT2D eigenvalue weighted by atomic mass is 32.1. The Morgan fingerprint density at radius 1 is 1.57 bits per heavy atom. The Hall–Kier alpha value is -1.16. The predicted molar refractivity (Wildman–Crippen MR) is 62.7 cm³/mol. The highest BCUT2D eigenvalue weighted by molar-refractivity contribution is 7.80. The Labute approximate surface area is 89.1 Å². The summed E-state index contributed by atoms with van der Waals surface area (Å²) in [4.78, 5) is 11.3. The van der Waals surface area contributed by atoms with E-state index >= 15 is 0 Å². The number of amides is 1. The molecule has 0 bridgehead atoms. The van der Waals surface area contributed by atoms with Crippen LogP contribution in [0.4, 0.5) is 11.4 Å². The third-order valence-electron chi connectivity index (χ3n) is 1.82. The summed E-state index contributed by atoms with van der Waals surface area (Å²) < 4.78 is 0. The van der Waals surface area contributed by atoms with E-state index in [4.69, 9.17) is 5.73 Å². The van der Waals surface area contributed by atoms with Gasteiger partial charge in [0.25, 0.3) is 0 Å².